The van der Waals surface area contributed by atoms with Crippen molar-refractivity contribution < 1.29 is 18.7 Å². The molecule has 0 aliphatic carbocycles. The zero-order valence-electron chi connectivity index (χ0n) is 13.0. The Hall–Kier alpha value is -1.37. The minimum Gasteiger partial charge on any atom is -0.468 e. The summed E-state index contributed by atoms with van der Waals surface area (Å²) in [5.74, 6) is 1.58. The predicted molar refractivity (Wildman–Crippen MR) is 80.3 cm³/mol. The normalized spacial score (nSPS) is 28.0. The van der Waals surface area contributed by atoms with Crippen LogP contribution < -0.4 is 5.32 Å². The molecule has 2 fully saturated rings. The van der Waals surface area contributed by atoms with Crippen LogP contribution in [-0.2, 0) is 20.8 Å². The van der Waals surface area contributed by atoms with Gasteiger partial charge in [0.25, 0.3) is 0 Å². The average Bonchev–Trinajstić information content (AvgIpc) is 3.16. The molecule has 6 heteroatoms. The van der Waals surface area contributed by atoms with Crippen LogP contribution in [0.1, 0.15) is 18.6 Å². The van der Waals surface area contributed by atoms with Gasteiger partial charge in [0.15, 0.2) is 0 Å². The van der Waals surface area contributed by atoms with Gasteiger partial charge in [0, 0.05) is 32.7 Å². The van der Waals surface area contributed by atoms with Gasteiger partial charge in [0.2, 0.25) is 5.91 Å². The Balaban J connectivity index is 1.39. The summed E-state index contributed by atoms with van der Waals surface area (Å²) in [5.41, 5.74) is 0. The van der Waals surface area contributed by atoms with Crippen LogP contribution in [0.5, 0.6) is 0 Å². The molecule has 1 aromatic rings. The minimum absolute atomic E-state index is 0.0504. The lowest BCUT2D eigenvalue weighted by molar-refractivity contribution is -0.124. The minimum atomic E-state index is 0.0504. The van der Waals surface area contributed by atoms with Gasteiger partial charge in [-0.15, -0.1) is 0 Å². The van der Waals surface area contributed by atoms with E-state index in [1.807, 2.05) is 12.1 Å². The van der Waals surface area contributed by atoms with Crippen LogP contribution in [0, 0.1) is 5.92 Å². The predicted octanol–water partition coefficient (Wildman–Crippen LogP) is 1.02. The molecule has 3 atom stereocenters. The lowest BCUT2D eigenvalue weighted by Gasteiger charge is -2.18. The molecule has 2 saturated heterocycles. The Morgan fingerprint density at radius 2 is 2.41 bits per heavy atom. The van der Waals surface area contributed by atoms with Crippen molar-refractivity contribution in [2.24, 2.45) is 5.92 Å². The van der Waals surface area contributed by atoms with Crippen molar-refractivity contribution in [3.8, 4) is 0 Å². The smallest absolute Gasteiger partial charge is 0.222 e. The largest absolute Gasteiger partial charge is 0.468 e. The summed E-state index contributed by atoms with van der Waals surface area (Å²) < 4.78 is 16.4. The summed E-state index contributed by atoms with van der Waals surface area (Å²) in [5, 5.41) is 2.85. The molecule has 3 rings (SSSR count). The number of carbonyl (C=O) groups excluding carboxylic acids is 1. The summed E-state index contributed by atoms with van der Waals surface area (Å²) in [6, 6.07) is 3.92. The number of nitrogens with one attached hydrogen (secondary N) is 1. The van der Waals surface area contributed by atoms with E-state index in [0.717, 1.165) is 31.8 Å². The van der Waals surface area contributed by atoms with E-state index >= 15 is 0 Å². The molecule has 6 nitrogen and oxygen atoms in total. The molecule has 0 radical (unpaired) electrons. The molecule has 1 aromatic heterocycles. The highest BCUT2D eigenvalue weighted by Gasteiger charge is 2.42. The highest BCUT2D eigenvalue weighted by Crippen LogP contribution is 2.34. The zero-order valence-corrected chi connectivity index (χ0v) is 13.0. The lowest BCUT2D eigenvalue weighted by Crippen LogP contribution is -2.31. The number of hydrogen-bond donors (Lipinski definition) is 1. The van der Waals surface area contributed by atoms with Gasteiger partial charge in [-0.1, -0.05) is 0 Å². The van der Waals surface area contributed by atoms with Gasteiger partial charge < -0.3 is 19.2 Å². The number of hydrogen-bond acceptors (Lipinski definition) is 5. The quantitative estimate of drug-likeness (QED) is 0.762. The van der Waals surface area contributed by atoms with Gasteiger partial charge in [-0.25, -0.2) is 0 Å². The Labute approximate surface area is 130 Å². The van der Waals surface area contributed by atoms with E-state index in [2.05, 4.69) is 10.2 Å². The lowest BCUT2D eigenvalue weighted by atomic mass is 10.0. The summed E-state index contributed by atoms with van der Waals surface area (Å²) in [4.78, 5) is 14.2. The first-order chi connectivity index (χ1) is 10.7. The highest BCUT2D eigenvalue weighted by atomic mass is 16.5. The third-order valence-electron chi connectivity index (χ3n) is 4.39. The molecular weight excluding hydrogens is 284 g/mol. The molecule has 0 bridgehead atoms. The zero-order chi connectivity index (χ0) is 15.4. The summed E-state index contributed by atoms with van der Waals surface area (Å²) >= 11 is 0. The standard InChI is InChI=1S/C16H24N2O4/c1-20-6-4-17-16(19)8-14-7-12-9-18(11-15(12)22-14)10-13-3-2-5-21-13/h2-3,5,12,14-15H,4,6-11H2,1H3,(H,17,19)/t12-,14+,15+/m1/s1. The first kappa shape index (κ1) is 15.5. The Kier molecular flexibility index (Phi) is 5.12. The van der Waals surface area contributed by atoms with E-state index < -0.39 is 0 Å². The fourth-order valence-corrected chi connectivity index (χ4v) is 3.40. The molecule has 0 spiro atoms. The number of likely N-dealkylation sites (tertiary alicyclic amines) is 1. The van der Waals surface area contributed by atoms with Crippen molar-refractivity contribution in [1.82, 2.24) is 10.2 Å². The molecule has 122 valence electrons. The van der Waals surface area contributed by atoms with Crippen LogP contribution in [0.4, 0.5) is 0 Å². The molecule has 22 heavy (non-hydrogen) atoms. The highest BCUT2D eigenvalue weighted by molar-refractivity contribution is 5.76. The van der Waals surface area contributed by atoms with Crippen LogP contribution in [0.2, 0.25) is 0 Å². The number of ether oxygens (including phenoxy) is 2. The second-order valence-corrected chi connectivity index (χ2v) is 6.11. The molecule has 0 unspecified atom stereocenters. The van der Waals surface area contributed by atoms with Crippen molar-refractivity contribution in [2.45, 2.75) is 31.6 Å². The molecule has 2 aliphatic heterocycles. The fraction of sp³-hybridized carbons (Fsp3) is 0.688. The van der Waals surface area contributed by atoms with E-state index in [1.165, 1.54) is 0 Å². The second-order valence-electron chi connectivity index (χ2n) is 6.11. The Bertz CT molecular complexity index is 463. The Morgan fingerprint density at radius 3 is 3.14 bits per heavy atom. The first-order valence-electron chi connectivity index (χ1n) is 7.90. The number of fused-ring (bicyclic) bond motifs is 1. The molecule has 0 saturated carbocycles. The molecular formula is C16H24N2O4. The van der Waals surface area contributed by atoms with Gasteiger partial charge in [0.1, 0.15) is 5.76 Å². The van der Waals surface area contributed by atoms with E-state index in [4.69, 9.17) is 13.9 Å². The summed E-state index contributed by atoms with van der Waals surface area (Å²) in [7, 11) is 1.63. The van der Waals surface area contributed by atoms with Gasteiger partial charge in [-0.3, -0.25) is 9.69 Å². The maximum Gasteiger partial charge on any atom is 0.222 e. The second kappa shape index (κ2) is 7.26. The van der Waals surface area contributed by atoms with Gasteiger partial charge >= 0.3 is 0 Å². The fourth-order valence-electron chi connectivity index (χ4n) is 3.40. The van der Waals surface area contributed by atoms with Gasteiger partial charge in [-0.05, 0) is 18.6 Å². The number of furan rings is 1. The number of amides is 1. The van der Waals surface area contributed by atoms with Crippen molar-refractivity contribution >= 4 is 5.91 Å². The molecule has 1 amide bonds. The number of rotatable bonds is 7. The maximum absolute atomic E-state index is 11.8. The summed E-state index contributed by atoms with van der Waals surface area (Å²) in [6.45, 7) is 3.89. The number of methoxy groups -OCH3 is 1. The molecule has 0 aromatic carbocycles. The van der Waals surface area contributed by atoms with Crippen LogP contribution in [0.15, 0.2) is 22.8 Å². The number of nitrogens with zero attached hydrogens (tertiary/aromatic N) is 1. The topological polar surface area (TPSA) is 63.9 Å². The van der Waals surface area contributed by atoms with Crippen molar-refractivity contribution in [2.75, 3.05) is 33.4 Å². The van der Waals surface area contributed by atoms with Crippen molar-refractivity contribution in [3.63, 3.8) is 0 Å². The molecule has 3 heterocycles. The summed E-state index contributed by atoms with van der Waals surface area (Å²) in [6.07, 6.45) is 3.45. The van der Waals surface area contributed by atoms with Crippen LogP contribution >= 0.6 is 0 Å². The van der Waals surface area contributed by atoms with E-state index in [0.29, 0.717) is 25.5 Å². The third-order valence-corrected chi connectivity index (χ3v) is 4.39. The van der Waals surface area contributed by atoms with Gasteiger partial charge in [-0.2, -0.15) is 0 Å². The number of carbonyl (C=O) groups is 1. The van der Waals surface area contributed by atoms with Crippen LogP contribution in [0.25, 0.3) is 0 Å². The van der Waals surface area contributed by atoms with Crippen LogP contribution in [0.3, 0.4) is 0 Å². The Morgan fingerprint density at radius 1 is 1.50 bits per heavy atom. The van der Waals surface area contributed by atoms with Crippen LogP contribution in [-0.4, -0.2) is 56.4 Å². The monoisotopic (exact) mass is 308 g/mol. The third kappa shape index (κ3) is 3.88. The molecule has 1 N–H and O–H groups in total. The average molecular weight is 308 g/mol. The van der Waals surface area contributed by atoms with Crippen molar-refractivity contribution in [3.05, 3.63) is 24.2 Å². The maximum atomic E-state index is 11.8. The van der Waals surface area contributed by atoms with E-state index in [9.17, 15) is 4.79 Å². The molecule has 2 aliphatic rings. The van der Waals surface area contributed by atoms with E-state index in [1.54, 1.807) is 13.4 Å². The first-order valence-corrected chi connectivity index (χ1v) is 7.90. The van der Waals surface area contributed by atoms with Gasteiger partial charge in [0.05, 0.1) is 38.0 Å². The SMILES string of the molecule is COCCNC(=O)C[C@@H]1C[C@@H]2CN(Cc3ccco3)C[C@@H]2O1. The van der Waals surface area contributed by atoms with E-state index in [-0.39, 0.29) is 18.1 Å². The van der Waals surface area contributed by atoms with Crippen molar-refractivity contribution in [1.29, 1.82) is 0 Å².